The van der Waals surface area contributed by atoms with Gasteiger partial charge in [-0.25, -0.2) is 4.39 Å². The number of aromatic nitrogens is 1. The zero-order chi connectivity index (χ0) is 27.3. The van der Waals surface area contributed by atoms with Gasteiger partial charge in [0.15, 0.2) is 17.0 Å². The minimum absolute atomic E-state index is 0.0552. The van der Waals surface area contributed by atoms with Crippen LogP contribution in [0.2, 0.25) is 0 Å². The summed E-state index contributed by atoms with van der Waals surface area (Å²) in [6.45, 7) is 2.31. The van der Waals surface area contributed by atoms with Crippen molar-refractivity contribution in [3.63, 3.8) is 0 Å². The first-order valence-corrected chi connectivity index (χ1v) is 13.0. The van der Waals surface area contributed by atoms with E-state index in [0.29, 0.717) is 35.7 Å². The molecule has 1 saturated heterocycles. The van der Waals surface area contributed by atoms with E-state index in [9.17, 15) is 14.0 Å². The van der Waals surface area contributed by atoms with Crippen molar-refractivity contribution < 1.29 is 23.5 Å². The van der Waals surface area contributed by atoms with E-state index >= 15 is 0 Å². The van der Waals surface area contributed by atoms with Crippen LogP contribution in [0, 0.1) is 5.82 Å². The van der Waals surface area contributed by atoms with Gasteiger partial charge in [0.2, 0.25) is 5.91 Å². The molecule has 7 nitrogen and oxygen atoms in total. The van der Waals surface area contributed by atoms with Crippen molar-refractivity contribution in [1.29, 1.82) is 0 Å². The maximum absolute atomic E-state index is 14.3. The van der Waals surface area contributed by atoms with Crippen LogP contribution in [0.25, 0.3) is 10.9 Å². The summed E-state index contributed by atoms with van der Waals surface area (Å²) in [5.41, 5.74) is 2.71. The molecule has 0 aliphatic carbocycles. The highest BCUT2D eigenvalue weighted by molar-refractivity contribution is 6.01. The minimum atomic E-state index is -1.23. The van der Waals surface area contributed by atoms with E-state index in [0.717, 1.165) is 22.0 Å². The van der Waals surface area contributed by atoms with Crippen molar-refractivity contribution >= 4 is 22.7 Å². The van der Waals surface area contributed by atoms with Gasteiger partial charge in [-0.05, 0) is 42.7 Å². The molecule has 8 heteroatoms. The van der Waals surface area contributed by atoms with Crippen LogP contribution in [0.1, 0.15) is 35.2 Å². The summed E-state index contributed by atoms with van der Waals surface area (Å²) in [4.78, 5) is 34.7. The summed E-state index contributed by atoms with van der Waals surface area (Å²) in [5, 5.41) is 0.993. The highest BCUT2D eigenvalue weighted by Crippen LogP contribution is 2.50. The minimum Gasteiger partial charge on any atom is -0.493 e. The van der Waals surface area contributed by atoms with Crippen molar-refractivity contribution in [3.05, 3.63) is 94.9 Å². The van der Waals surface area contributed by atoms with E-state index in [1.165, 1.54) is 6.07 Å². The summed E-state index contributed by atoms with van der Waals surface area (Å²) >= 11 is 0. The molecule has 0 bridgehead atoms. The lowest BCUT2D eigenvalue weighted by molar-refractivity contribution is -0.166. The van der Waals surface area contributed by atoms with Gasteiger partial charge in [0.1, 0.15) is 5.82 Å². The molecule has 4 aromatic rings. The number of piperazine rings is 1. The van der Waals surface area contributed by atoms with Gasteiger partial charge in [-0.2, -0.15) is 0 Å². The molecule has 0 saturated carbocycles. The Kier molecular flexibility index (Phi) is 6.05. The maximum atomic E-state index is 14.3. The Bertz CT molecular complexity index is 1600. The van der Waals surface area contributed by atoms with E-state index in [1.54, 1.807) is 42.2 Å². The van der Waals surface area contributed by atoms with E-state index in [2.05, 4.69) is 4.98 Å². The molecule has 3 heterocycles. The Hall–Kier alpha value is -4.33. The Morgan fingerprint density at radius 1 is 1.00 bits per heavy atom. The summed E-state index contributed by atoms with van der Waals surface area (Å²) in [7, 11) is 3.20. The van der Waals surface area contributed by atoms with Gasteiger partial charge in [-0.1, -0.05) is 48.5 Å². The Morgan fingerprint density at radius 2 is 1.77 bits per heavy atom. The second-order valence-corrected chi connectivity index (χ2v) is 10.2. The van der Waals surface area contributed by atoms with Gasteiger partial charge >= 0.3 is 0 Å². The fraction of sp³-hybridized carbons (Fsp3) is 0.290. The van der Waals surface area contributed by atoms with Gasteiger partial charge in [-0.15, -0.1) is 0 Å². The van der Waals surface area contributed by atoms with Crippen LogP contribution in [0.4, 0.5) is 4.39 Å². The number of benzene rings is 3. The molecule has 1 N–H and O–H groups in total. The highest BCUT2D eigenvalue weighted by Gasteiger charge is 2.56. The quantitative estimate of drug-likeness (QED) is 0.398. The van der Waals surface area contributed by atoms with E-state index in [4.69, 9.17) is 9.47 Å². The lowest BCUT2D eigenvalue weighted by Crippen LogP contribution is -2.67. The van der Waals surface area contributed by atoms with Crippen molar-refractivity contribution in [3.8, 4) is 11.5 Å². The number of carbonyl (C=O) groups is 2. The molecule has 3 aromatic carbocycles. The topological polar surface area (TPSA) is 74.9 Å². The number of halogens is 1. The highest BCUT2D eigenvalue weighted by atomic mass is 19.1. The van der Waals surface area contributed by atoms with Crippen LogP contribution < -0.4 is 9.47 Å². The number of hydrogen-bond donors (Lipinski definition) is 1. The Balaban J connectivity index is 1.47. The molecule has 1 unspecified atom stereocenters. The van der Waals surface area contributed by atoms with Gasteiger partial charge < -0.3 is 24.3 Å². The summed E-state index contributed by atoms with van der Waals surface area (Å²) in [5.74, 6) is 0.309. The van der Waals surface area contributed by atoms with Crippen LogP contribution in [0.5, 0.6) is 11.5 Å². The maximum Gasteiger partial charge on any atom is 0.254 e. The van der Waals surface area contributed by atoms with Gasteiger partial charge in [-0.3, -0.25) is 9.59 Å². The zero-order valence-electron chi connectivity index (χ0n) is 22.2. The fourth-order valence-corrected chi connectivity index (χ4v) is 6.28. The van der Waals surface area contributed by atoms with Crippen molar-refractivity contribution in [2.75, 3.05) is 33.9 Å². The number of methoxy groups -OCH3 is 2. The number of para-hydroxylation sites is 2. The second-order valence-electron chi connectivity index (χ2n) is 10.2. The number of carbonyl (C=O) groups excluding carboxylic acids is 2. The van der Waals surface area contributed by atoms with Crippen LogP contribution in [0.15, 0.2) is 66.7 Å². The first-order valence-electron chi connectivity index (χ1n) is 13.0. The number of nitrogens with one attached hydrogen (secondary N) is 1. The fourth-order valence-electron chi connectivity index (χ4n) is 6.28. The number of amides is 2. The van der Waals surface area contributed by atoms with Gasteiger partial charge in [0, 0.05) is 35.5 Å². The number of hydrogen-bond acceptors (Lipinski definition) is 4. The summed E-state index contributed by atoms with van der Waals surface area (Å²) in [6.07, 6.45) is 0.324. The average Bonchev–Trinajstić information content (AvgIpc) is 3.35. The van der Waals surface area contributed by atoms with Crippen LogP contribution in [-0.2, 0) is 21.5 Å². The third kappa shape index (κ3) is 3.77. The number of nitrogens with zero attached hydrogens (tertiary/aromatic N) is 2. The van der Waals surface area contributed by atoms with Crippen LogP contribution in [0.3, 0.4) is 0 Å². The third-order valence-electron chi connectivity index (χ3n) is 8.24. The molecular weight excluding hydrogens is 497 g/mol. The zero-order valence-corrected chi connectivity index (χ0v) is 22.2. The molecule has 6 rings (SSSR count). The monoisotopic (exact) mass is 527 g/mol. The first-order chi connectivity index (χ1) is 18.9. The lowest BCUT2D eigenvalue weighted by Gasteiger charge is -2.51. The molecule has 39 heavy (non-hydrogen) atoms. The molecular formula is C31H30FN3O4. The van der Waals surface area contributed by atoms with Crippen LogP contribution in [-0.4, -0.2) is 60.5 Å². The smallest absolute Gasteiger partial charge is 0.254 e. The molecule has 2 amide bonds. The number of ether oxygens (including phenoxy) is 2. The Morgan fingerprint density at radius 3 is 2.54 bits per heavy atom. The van der Waals surface area contributed by atoms with E-state index in [1.807, 2.05) is 49.4 Å². The molecule has 2 aliphatic heterocycles. The van der Waals surface area contributed by atoms with Crippen molar-refractivity contribution in [2.45, 2.75) is 24.8 Å². The molecule has 1 fully saturated rings. The average molecular weight is 528 g/mol. The molecule has 0 radical (unpaired) electrons. The lowest BCUT2D eigenvalue weighted by atomic mass is 9.76. The van der Waals surface area contributed by atoms with Crippen molar-refractivity contribution in [1.82, 2.24) is 14.8 Å². The summed E-state index contributed by atoms with van der Waals surface area (Å²) in [6, 6.07) is 20.2. The Labute approximate surface area is 226 Å². The molecule has 1 aromatic heterocycles. The number of fused-ring (bicyclic) bond motifs is 5. The molecule has 2 atom stereocenters. The van der Waals surface area contributed by atoms with Gasteiger partial charge in [0.05, 0.1) is 26.5 Å². The SMILES string of the molecule is COc1cccc(C2CN3C(=O)CN(CCc4ccccc4F)C(=O)[C@]3(C)c3[nH]c4ccccc4c32)c1OC. The number of H-pyrrole nitrogens is 1. The third-order valence-corrected chi connectivity index (χ3v) is 8.24. The second kappa shape index (κ2) is 9.45. The number of rotatable bonds is 6. The largest absolute Gasteiger partial charge is 0.493 e. The van der Waals surface area contributed by atoms with Crippen LogP contribution >= 0.6 is 0 Å². The van der Waals surface area contributed by atoms with E-state index in [-0.39, 0.29) is 36.6 Å². The standard InChI is InChI=1S/C31H30FN3O4/c1-31-29-27(21-10-5-7-13-24(21)33-29)22(20-11-8-14-25(38-2)28(20)39-3)17-35(31)26(36)18-34(30(31)37)16-15-19-9-4-6-12-23(19)32/h4-14,22,33H,15-18H2,1-3H3/t22?,31-/m0/s1. The van der Waals surface area contributed by atoms with E-state index < -0.39 is 5.54 Å². The molecule has 0 spiro atoms. The molecule has 200 valence electrons. The predicted molar refractivity (Wildman–Crippen MR) is 145 cm³/mol. The molecule has 2 aliphatic rings. The normalized spacial score (nSPS) is 20.7. The van der Waals surface area contributed by atoms with Gasteiger partial charge in [0.25, 0.3) is 5.91 Å². The first kappa shape index (κ1) is 25.0. The van der Waals surface area contributed by atoms with Crippen molar-refractivity contribution in [2.24, 2.45) is 0 Å². The predicted octanol–water partition coefficient (Wildman–Crippen LogP) is 4.60. The summed E-state index contributed by atoms with van der Waals surface area (Å²) < 4.78 is 25.7. The number of aromatic amines is 1.